The van der Waals surface area contributed by atoms with Gasteiger partial charge in [0.25, 0.3) is 0 Å². The quantitative estimate of drug-likeness (QED) is 0.786. The van der Waals surface area contributed by atoms with E-state index in [4.69, 9.17) is 16.3 Å². The van der Waals surface area contributed by atoms with Gasteiger partial charge in [0.15, 0.2) is 0 Å². The lowest BCUT2D eigenvalue weighted by molar-refractivity contribution is 0.297. The molecule has 0 saturated heterocycles. The molecular formula is C16H14ClNO2. The second kappa shape index (κ2) is 5.10. The van der Waals surface area contributed by atoms with Crippen LogP contribution in [0, 0.1) is 0 Å². The molecule has 0 bridgehead atoms. The molecule has 3 rings (SSSR count). The summed E-state index contributed by atoms with van der Waals surface area (Å²) in [7, 11) is 1.92. The van der Waals surface area contributed by atoms with Gasteiger partial charge in [-0.3, -0.25) is 0 Å². The maximum atomic E-state index is 9.90. The van der Waals surface area contributed by atoms with Gasteiger partial charge in [-0.05, 0) is 36.4 Å². The maximum Gasteiger partial charge on any atom is 0.139 e. The van der Waals surface area contributed by atoms with E-state index in [-0.39, 0.29) is 5.75 Å². The van der Waals surface area contributed by atoms with Gasteiger partial charge in [0, 0.05) is 17.5 Å². The summed E-state index contributed by atoms with van der Waals surface area (Å²) in [5.41, 5.74) is 1.82. The summed E-state index contributed by atoms with van der Waals surface area (Å²) in [6.45, 7) is 0.437. The first-order chi connectivity index (χ1) is 9.65. The Hall–Kier alpha value is -2.13. The number of halogens is 1. The van der Waals surface area contributed by atoms with Crippen LogP contribution in [0.3, 0.4) is 0 Å². The van der Waals surface area contributed by atoms with Crippen LogP contribution in [0.15, 0.2) is 48.5 Å². The third-order valence-corrected chi connectivity index (χ3v) is 3.59. The molecule has 0 amide bonds. The first kappa shape index (κ1) is 12.9. The van der Waals surface area contributed by atoms with Crippen LogP contribution in [-0.4, -0.2) is 9.67 Å². The van der Waals surface area contributed by atoms with Crippen LogP contribution in [0.4, 0.5) is 0 Å². The number of benzene rings is 2. The van der Waals surface area contributed by atoms with E-state index in [1.807, 2.05) is 41.9 Å². The third-order valence-electron chi connectivity index (χ3n) is 3.33. The Morgan fingerprint density at radius 1 is 1.15 bits per heavy atom. The molecule has 0 aliphatic heterocycles. The second-order valence-electron chi connectivity index (χ2n) is 4.65. The maximum absolute atomic E-state index is 9.90. The monoisotopic (exact) mass is 287 g/mol. The van der Waals surface area contributed by atoms with Crippen molar-refractivity contribution in [2.75, 3.05) is 0 Å². The van der Waals surface area contributed by atoms with Gasteiger partial charge < -0.3 is 14.4 Å². The molecule has 1 heterocycles. The standard InChI is InChI=1S/C16H14ClNO2/c1-18-13(9-11-3-2-4-15(19)16(11)18)10-20-14-7-5-12(17)6-8-14/h2-9,19H,10H2,1H3. The number of aryl methyl sites for hydroxylation is 1. The Bertz CT molecular complexity index is 747. The highest BCUT2D eigenvalue weighted by Crippen LogP contribution is 2.27. The Labute approximate surface area is 122 Å². The van der Waals surface area contributed by atoms with Crippen LogP contribution in [0.25, 0.3) is 10.9 Å². The number of hydrogen-bond donors (Lipinski definition) is 1. The molecule has 0 fully saturated rings. The van der Waals surface area contributed by atoms with Gasteiger partial charge in [0.05, 0.1) is 11.2 Å². The normalized spacial score (nSPS) is 10.9. The molecule has 0 aliphatic rings. The molecular weight excluding hydrogens is 274 g/mol. The number of aromatic hydroxyl groups is 1. The minimum Gasteiger partial charge on any atom is -0.506 e. The van der Waals surface area contributed by atoms with Crippen LogP contribution >= 0.6 is 11.6 Å². The summed E-state index contributed by atoms with van der Waals surface area (Å²) in [5, 5.41) is 11.6. The highest BCUT2D eigenvalue weighted by molar-refractivity contribution is 6.30. The number of rotatable bonds is 3. The van der Waals surface area contributed by atoms with Crippen LogP contribution in [-0.2, 0) is 13.7 Å². The summed E-state index contributed by atoms with van der Waals surface area (Å²) in [6, 6.07) is 14.8. The SMILES string of the molecule is Cn1c(COc2ccc(Cl)cc2)cc2cccc(O)c21. The lowest BCUT2D eigenvalue weighted by Crippen LogP contribution is -2.01. The van der Waals surface area contributed by atoms with Gasteiger partial charge >= 0.3 is 0 Å². The Morgan fingerprint density at radius 3 is 2.60 bits per heavy atom. The highest BCUT2D eigenvalue weighted by atomic mass is 35.5. The zero-order chi connectivity index (χ0) is 14.1. The van der Waals surface area contributed by atoms with Crippen molar-refractivity contribution < 1.29 is 9.84 Å². The largest absolute Gasteiger partial charge is 0.506 e. The average Bonchev–Trinajstić information content (AvgIpc) is 2.76. The van der Waals surface area contributed by atoms with E-state index in [0.717, 1.165) is 22.3 Å². The molecule has 0 unspecified atom stereocenters. The van der Waals surface area contributed by atoms with Crippen LogP contribution in [0.1, 0.15) is 5.69 Å². The number of hydrogen-bond acceptors (Lipinski definition) is 2. The van der Waals surface area contributed by atoms with Crippen molar-refractivity contribution in [1.82, 2.24) is 4.57 Å². The number of ether oxygens (including phenoxy) is 1. The van der Waals surface area contributed by atoms with Crippen molar-refractivity contribution in [2.24, 2.45) is 7.05 Å². The lowest BCUT2D eigenvalue weighted by atomic mass is 10.2. The molecule has 102 valence electrons. The van der Waals surface area contributed by atoms with Gasteiger partial charge in [0.1, 0.15) is 18.1 Å². The summed E-state index contributed by atoms with van der Waals surface area (Å²) in [5.74, 6) is 1.05. The molecule has 0 aliphatic carbocycles. The van der Waals surface area contributed by atoms with Crippen molar-refractivity contribution in [3.63, 3.8) is 0 Å². The Balaban J connectivity index is 1.86. The van der Waals surface area contributed by atoms with Gasteiger partial charge in [-0.25, -0.2) is 0 Å². The number of nitrogens with zero attached hydrogens (tertiary/aromatic N) is 1. The zero-order valence-electron chi connectivity index (χ0n) is 11.0. The number of phenolic OH excluding ortho intramolecular Hbond substituents is 1. The molecule has 0 spiro atoms. The van der Waals surface area contributed by atoms with Crippen molar-refractivity contribution >= 4 is 22.5 Å². The molecule has 20 heavy (non-hydrogen) atoms. The molecule has 0 atom stereocenters. The summed E-state index contributed by atoms with van der Waals surface area (Å²) in [4.78, 5) is 0. The third kappa shape index (κ3) is 2.32. The topological polar surface area (TPSA) is 34.4 Å². The Kier molecular flexibility index (Phi) is 3.28. The lowest BCUT2D eigenvalue weighted by Gasteiger charge is -2.08. The molecule has 1 aromatic heterocycles. The molecule has 0 saturated carbocycles. The summed E-state index contributed by atoms with van der Waals surface area (Å²) in [6.07, 6.45) is 0. The van der Waals surface area contributed by atoms with Gasteiger partial charge in [-0.15, -0.1) is 0 Å². The molecule has 1 N–H and O–H groups in total. The van der Waals surface area contributed by atoms with Gasteiger partial charge in [-0.1, -0.05) is 23.7 Å². The van der Waals surface area contributed by atoms with Crippen molar-refractivity contribution in [1.29, 1.82) is 0 Å². The summed E-state index contributed by atoms with van der Waals surface area (Å²) < 4.78 is 7.68. The number of phenols is 1. The van der Waals surface area contributed by atoms with E-state index in [1.165, 1.54) is 0 Å². The molecule has 3 nitrogen and oxygen atoms in total. The van der Waals surface area contributed by atoms with E-state index in [0.29, 0.717) is 11.6 Å². The van der Waals surface area contributed by atoms with Crippen molar-refractivity contribution in [2.45, 2.75) is 6.61 Å². The number of fused-ring (bicyclic) bond motifs is 1. The first-order valence-electron chi connectivity index (χ1n) is 6.30. The van der Waals surface area contributed by atoms with Gasteiger partial charge in [0.2, 0.25) is 0 Å². The van der Waals surface area contributed by atoms with E-state index in [1.54, 1.807) is 18.2 Å². The number of para-hydroxylation sites is 1. The minimum absolute atomic E-state index is 0.280. The fourth-order valence-corrected chi connectivity index (χ4v) is 2.40. The average molecular weight is 288 g/mol. The Morgan fingerprint density at radius 2 is 1.90 bits per heavy atom. The molecule has 0 radical (unpaired) electrons. The van der Waals surface area contributed by atoms with Crippen LogP contribution < -0.4 is 4.74 Å². The zero-order valence-corrected chi connectivity index (χ0v) is 11.8. The number of aromatic nitrogens is 1. The van der Waals surface area contributed by atoms with Crippen LogP contribution in [0.2, 0.25) is 5.02 Å². The van der Waals surface area contributed by atoms with E-state index < -0.39 is 0 Å². The van der Waals surface area contributed by atoms with E-state index in [9.17, 15) is 5.11 Å². The first-order valence-corrected chi connectivity index (χ1v) is 6.67. The fraction of sp³-hybridized carbons (Fsp3) is 0.125. The highest BCUT2D eigenvalue weighted by Gasteiger charge is 2.09. The smallest absolute Gasteiger partial charge is 0.139 e. The van der Waals surface area contributed by atoms with E-state index in [2.05, 4.69) is 0 Å². The predicted octanol–water partition coefficient (Wildman–Crippen LogP) is 4.12. The molecule has 4 heteroatoms. The molecule has 2 aromatic carbocycles. The van der Waals surface area contributed by atoms with Crippen LogP contribution in [0.5, 0.6) is 11.5 Å². The minimum atomic E-state index is 0.280. The summed E-state index contributed by atoms with van der Waals surface area (Å²) >= 11 is 5.84. The molecule has 3 aromatic rings. The van der Waals surface area contributed by atoms with E-state index >= 15 is 0 Å². The van der Waals surface area contributed by atoms with Crippen molar-refractivity contribution in [3.05, 3.63) is 59.2 Å². The van der Waals surface area contributed by atoms with Gasteiger partial charge in [-0.2, -0.15) is 0 Å². The van der Waals surface area contributed by atoms with Crippen molar-refractivity contribution in [3.8, 4) is 11.5 Å². The second-order valence-corrected chi connectivity index (χ2v) is 5.09. The predicted molar refractivity (Wildman–Crippen MR) is 80.4 cm³/mol. The fourth-order valence-electron chi connectivity index (χ4n) is 2.28.